The minimum absolute atomic E-state index is 0.109. The molecular weight excluding hydrogens is 416 g/mol. The number of hydrogen-bond donors (Lipinski definition) is 0. The van der Waals surface area contributed by atoms with Gasteiger partial charge >= 0.3 is 5.97 Å². The van der Waals surface area contributed by atoms with Gasteiger partial charge in [-0.1, -0.05) is 64.8 Å². The van der Waals surface area contributed by atoms with E-state index >= 15 is 0 Å². The third-order valence-corrected chi connectivity index (χ3v) is 11.6. The molecule has 2 heteroatoms. The summed E-state index contributed by atoms with van der Waals surface area (Å²) < 4.78 is 5.76. The van der Waals surface area contributed by atoms with Crippen molar-refractivity contribution in [2.75, 3.05) is 0 Å². The Kier molecular flexibility index (Phi) is 7.48. The van der Waals surface area contributed by atoms with Crippen molar-refractivity contribution < 1.29 is 9.53 Å². The highest BCUT2D eigenvalue weighted by Crippen LogP contribution is 2.67. The zero-order valence-electron chi connectivity index (χ0n) is 23.5. The average molecular weight is 469 g/mol. The number of carbonyl (C=O) groups excluding carboxylic acids is 1. The molecule has 0 aliphatic heterocycles. The highest BCUT2D eigenvalue weighted by atomic mass is 16.5. The smallest absolute Gasteiger partial charge is 0.302 e. The minimum Gasteiger partial charge on any atom is -0.462 e. The molecule has 0 radical (unpaired) electrons. The van der Waals surface area contributed by atoms with Gasteiger partial charge in [0, 0.05) is 6.92 Å². The van der Waals surface area contributed by atoms with Crippen molar-refractivity contribution in [2.24, 2.45) is 52.3 Å². The molecular formula is C32H52O2. The number of ether oxygens (including phenoxy) is 1. The van der Waals surface area contributed by atoms with Crippen LogP contribution in [0.1, 0.15) is 113 Å². The monoisotopic (exact) mass is 468 g/mol. The predicted molar refractivity (Wildman–Crippen MR) is 142 cm³/mol. The SMILES string of the molecule is CC=C(CCC(C)C1CCC2C3=CCC4C(C)C(OC(C)=O)CCC4(C)C3CCC21C)C(C)C. The summed E-state index contributed by atoms with van der Waals surface area (Å²) in [7, 11) is 0. The van der Waals surface area contributed by atoms with Gasteiger partial charge in [0.25, 0.3) is 0 Å². The van der Waals surface area contributed by atoms with E-state index in [4.69, 9.17) is 4.74 Å². The second-order valence-corrected chi connectivity index (χ2v) is 13.5. The molecule has 4 aliphatic carbocycles. The van der Waals surface area contributed by atoms with E-state index in [-0.39, 0.29) is 12.1 Å². The Morgan fingerprint density at radius 1 is 1.09 bits per heavy atom. The first-order chi connectivity index (χ1) is 16.0. The van der Waals surface area contributed by atoms with Crippen LogP contribution in [0.5, 0.6) is 0 Å². The number of fused-ring (bicyclic) bond motifs is 5. The molecule has 0 saturated heterocycles. The van der Waals surface area contributed by atoms with Crippen molar-refractivity contribution in [1.29, 1.82) is 0 Å². The van der Waals surface area contributed by atoms with E-state index in [0.29, 0.717) is 28.6 Å². The van der Waals surface area contributed by atoms with Gasteiger partial charge in [0.1, 0.15) is 6.10 Å². The fourth-order valence-corrected chi connectivity index (χ4v) is 9.65. The van der Waals surface area contributed by atoms with Gasteiger partial charge in [0.2, 0.25) is 0 Å². The Labute approximate surface area is 210 Å². The lowest BCUT2D eigenvalue weighted by atomic mass is 9.46. The maximum Gasteiger partial charge on any atom is 0.302 e. The first-order valence-corrected chi connectivity index (χ1v) is 14.5. The van der Waals surface area contributed by atoms with Gasteiger partial charge in [-0.25, -0.2) is 0 Å². The normalized spacial score (nSPS) is 43.0. The second kappa shape index (κ2) is 9.78. The molecule has 0 amide bonds. The van der Waals surface area contributed by atoms with Crippen LogP contribution in [0.4, 0.5) is 0 Å². The topological polar surface area (TPSA) is 26.3 Å². The zero-order chi connectivity index (χ0) is 24.8. The number of carbonyl (C=O) groups is 1. The van der Waals surface area contributed by atoms with Crippen molar-refractivity contribution in [2.45, 2.75) is 119 Å². The van der Waals surface area contributed by atoms with E-state index in [1.807, 2.05) is 5.57 Å². The Morgan fingerprint density at radius 3 is 2.41 bits per heavy atom. The summed E-state index contributed by atoms with van der Waals surface area (Å²) in [4.78, 5) is 11.7. The summed E-state index contributed by atoms with van der Waals surface area (Å²) in [5.41, 5.74) is 4.35. The summed E-state index contributed by atoms with van der Waals surface area (Å²) in [6.07, 6.45) is 16.8. The molecule has 0 bridgehead atoms. The van der Waals surface area contributed by atoms with Gasteiger partial charge < -0.3 is 4.74 Å². The van der Waals surface area contributed by atoms with Crippen LogP contribution < -0.4 is 0 Å². The van der Waals surface area contributed by atoms with Crippen molar-refractivity contribution in [3.05, 3.63) is 23.3 Å². The van der Waals surface area contributed by atoms with Gasteiger partial charge in [0.05, 0.1) is 0 Å². The molecule has 0 aromatic heterocycles. The van der Waals surface area contributed by atoms with E-state index < -0.39 is 0 Å². The number of hydrogen-bond acceptors (Lipinski definition) is 2. The minimum atomic E-state index is -0.109. The largest absolute Gasteiger partial charge is 0.462 e. The highest BCUT2D eigenvalue weighted by molar-refractivity contribution is 5.66. The van der Waals surface area contributed by atoms with Crippen LogP contribution in [0, 0.1) is 52.3 Å². The molecule has 0 N–H and O–H groups in total. The van der Waals surface area contributed by atoms with Crippen molar-refractivity contribution in [3.63, 3.8) is 0 Å². The van der Waals surface area contributed by atoms with Crippen molar-refractivity contribution in [1.82, 2.24) is 0 Å². The fraction of sp³-hybridized carbons (Fsp3) is 0.844. The molecule has 9 atom stereocenters. The average Bonchev–Trinajstić information content (AvgIpc) is 3.13. The molecule has 3 saturated carbocycles. The Hall–Kier alpha value is -1.05. The van der Waals surface area contributed by atoms with E-state index in [1.54, 1.807) is 12.5 Å². The lowest BCUT2D eigenvalue weighted by Crippen LogP contribution is -2.53. The summed E-state index contributed by atoms with van der Waals surface area (Å²) in [5.74, 6) is 4.91. The predicted octanol–water partition coefficient (Wildman–Crippen LogP) is 8.76. The van der Waals surface area contributed by atoms with Crippen LogP contribution >= 0.6 is 0 Å². The molecule has 0 heterocycles. The Morgan fingerprint density at radius 2 is 1.76 bits per heavy atom. The first-order valence-electron chi connectivity index (χ1n) is 14.5. The molecule has 4 aliphatic rings. The van der Waals surface area contributed by atoms with E-state index in [9.17, 15) is 4.79 Å². The maximum absolute atomic E-state index is 11.7. The van der Waals surface area contributed by atoms with Crippen molar-refractivity contribution >= 4 is 5.97 Å². The number of rotatable bonds is 6. The molecule has 2 nitrogen and oxygen atoms in total. The van der Waals surface area contributed by atoms with Crippen LogP contribution in [-0.4, -0.2) is 12.1 Å². The van der Waals surface area contributed by atoms with Crippen LogP contribution in [0.3, 0.4) is 0 Å². The summed E-state index contributed by atoms with van der Waals surface area (Å²) >= 11 is 0. The van der Waals surface area contributed by atoms with E-state index in [0.717, 1.165) is 30.1 Å². The fourth-order valence-electron chi connectivity index (χ4n) is 9.65. The molecule has 9 unspecified atom stereocenters. The lowest BCUT2D eigenvalue weighted by Gasteiger charge is -2.59. The molecule has 192 valence electrons. The second-order valence-electron chi connectivity index (χ2n) is 13.5. The molecule has 0 aromatic carbocycles. The molecule has 34 heavy (non-hydrogen) atoms. The van der Waals surface area contributed by atoms with Gasteiger partial charge in [-0.05, 0) is 117 Å². The van der Waals surface area contributed by atoms with Gasteiger partial charge in [-0.15, -0.1) is 0 Å². The molecule has 0 spiro atoms. The van der Waals surface area contributed by atoms with Crippen LogP contribution in [0.2, 0.25) is 0 Å². The summed E-state index contributed by atoms with van der Waals surface area (Å²) in [6, 6.07) is 0. The third-order valence-electron chi connectivity index (χ3n) is 11.6. The lowest BCUT2D eigenvalue weighted by molar-refractivity contribution is -0.158. The maximum atomic E-state index is 11.7. The van der Waals surface area contributed by atoms with E-state index in [2.05, 4.69) is 60.6 Å². The zero-order valence-corrected chi connectivity index (χ0v) is 23.5. The highest BCUT2D eigenvalue weighted by Gasteiger charge is 2.59. The van der Waals surface area contributed by atoms with Crippen LogP contribution in [0.15, 0.2) is 23.3 Å². The van der Waals surface area contributed by atoms with E-state index in [1.165, 1.54) is 51.4 Å². The quantitative estimate of drug-likeness (QED) is 0.288. The molecule has 4 rings (SSSR count). The standard InChI is InChI=1S/C32H52O2/c1-9-24(20(2)3)11-10-21(4)26-14-15-28-25-12-13-27-22(5)30(34-23(6)33)17-19-32(27,8)29(25)16-18-31(26,28)7/h9,12,20-22,26-30H,10-11,13-19H2,1-8H3. The van der Waals surface area contributed by atoms with Gasteiger partial charge in [-0.2, -0.15) is 0 Å². The molecule has 0 aromatic rings. The van der Waals surface area contributed by atoms with Crippen LogP contribution in [-0.2, 0) is 9.53 Å². The molecule has 3 fully saturated rings. The van der Waals surface area contributed by atoms with Crippen molar-refractivity contribution in [3.8, 4) is 0 Å². The number of esters is 1. The van der Waals surface area contributed by atoms with Gasteiger partial charge in [0.15, 0.2) is 0 Å². The third kappa shape index (κ3) is 4.34. The summed E-state index contributed by atoms with van der Waals surface area (Å²) in [6.45, 7) is 18.7. The first kappa shape index (κ1) is 26.0. The van der Waals surface area contributed by atoms with Gasteiger partial charge in [-0.3, -0.25) is 4.79 Å². The Bertz CT molecular complexity index is 821. The number of allylic oxidation sites excluding steroid dienone is 4. The summed E-state index contributed by atoms with van der Waals surface area (Å²) in [5, 5.41) is 0. The Balaban J connectivity index is 1.50. The van der Waals surface area contributed by atoms with Crippen LogP contribution in [0.25, 0.3) is 0 Å².